The Morgan fingerprint density at radius 2 is 1.43 bits per heavy atom. The van der Waals surface area contributed by atoms with Crippen LogP contribution in [0.4, 0.5) is 0 Å². The van der Waals surface area contributed by atoms with Crippen molar-refractivity contribution in [2.24, 2.45) is 10.8 Å². The van der Waals surface area contributed by atoms with Crippen LogP contribution in [0.2, 0.25) is 0 Å². The average Bonchev–Trinajstić information content (AvgIpc) is 1.97. The Hall–Kier alpha value is -0.610. The summed E-state index contributed by atoms with van der Waals surface area (Å²) in [5.74, 6) is -0.572. The predicted octanol–water partition coefficient (Wildman–Crippen LogP) is 1.32. The summed E-state index contributed by atoms with van der Waals surface area (Å²) in [5.41, 5.74) is -1.11. The van der Waals surface area contributed by atoms with Crippen LogP contribution in [0.5, 0.6) is 0 Å². The Labute approximate surface area is 85.3 Å². The molecule has 14 heavy (non-hydrogen) atoms. The van der Waals surface area contributed by atoms with Gasteiger partial charge in [0.1, 0.15) is 0 Å². The van der Waals surface area contributed by atoms with E-state index in [1.807, 2.05) is 20.8 Å². The predicted molar refractivity (Wildman–Crippen MR) is 53.8 cm³/mol. The van der Waals surface area contributed by atoms with Gasteiger partial charge in [-0.25, -0.2) is 5.48 Å². The molecule has 0 radical (unpaired) electrons. The van der Waals surface area contributed by atoms with Crippen LogP contribution >= 0.6 is 0 Å². The van der Waals surface area contributed by atoms with E-state index in [-0.39, 0.29) is 0 Å². The van der Waals surface area contributed by atoms with Crippen molar-refractivity contribution in [3.63, 3.8) is 0 Å². The third-order valence-electron chi connectivity index (χ3n) is 3.28. The summed E-state index contributed by atoms with van der Waals surface area (Å²) in [5, 5.41) is 18.7. The van der Waals surface area contributed by atoms with E-state index in [0.29, 0.717) is 0 Å². The maximum absolute atomic E-state index is 11.6. The number of hydrogen-bond acceptors (Lipinski definition) is 3. The van der Waals surface area contributed by atoms with E-state index in [1.165, 1.54) is 0 Å². The Balaban J connectivity index is 5.40. The highest BCUT2D eigenvalue weighted by atomic mass is 16.5. The zero-order chi connectivity index (χ0) is 11.8. The second-order valence-corrected chi connectivity index (χ2v) is 5.37. The molecule has 0 saturated carbocycles. The smallest absolute Gasteiger partial charge is 0.252 e. The van der Waals surface area contributed by atoms with Crippen LogP contribution in [0.1, 0.15) is 41.5 Å². The normalized spacial score (nSPS) is 17.4. The highest BCUT2D eigenvalue weighted by Crippen LogP contribution is 2.46. The molecule has 0 aliphatic heterocycles. The van der Waals surface area contributed by atoms with Gasteiger partial charge >= 0.3 is 0 Å². The SMILES string of the molecule is CC(C)(C)C(C)(C(=O)NO)C(C)(C)O. The number of hydroxylamine groups is 1. The summed E-state index contributed by atoms with van der Waals surface area (Å²) < 4.78 is 0. The minimum atomic E-state index is -1.21. The van der Waals surface area contributed by atoms with Crippen LogP contribution in [-0.2, 0) is 4.79 Å². The second kappa shape index (κ2) is 3.51. The van der Waals surface area contributed by atoms with E-state index in [1.54, 1.807) is 26.3 Å². The molecule has 84 valence electrons. The number of rotatable bonds is 2. The lowest BCUT2D eigenvalue weighted by Gasteiger charge is -2.47. The largest absolute Gasteiger partial charge is 0.389 e. The molecule has 0 heterocycles. The molecule has 0 aromatic carbocycles. The van der Waals surface area contributed by atoms with Crippen molar-refractivity contribution >= 4 is 5.91 Å². The number of aliphatic hydroxyl groups is 1. The van der Waals surface area contributed by atoms with Crippen LogP contribution < -0.4 is 5.48 Å². The minimum Gasteiger partial charge on any atom is -0.389 e. The third-order valence-corrected chi connectivity index (χ3v) is 3.28. The van der Waals surface area contributed by atoms with Crippen LogP contribution in [0.15, 0.2) is 0 Å². The monoisotopic (exact) mass is 203 g/mol. The van der Waals surface area contributed by atoms with Crippen molar-refractivity contribution in [3.05, 3.63) is 0 Å². The molecule has 0 spiro atoms. The van der Waals surface area contributed by atoms with Gasteiger partial charge in [-0.2, -0.15) is 0 Å². The summed E-state index contributed by atoms with van der Waals surface area (Å²) in [7, 11) is 0. The molecule has 4 heteroatoms. The number of carbonyl (C=O) groups is 1. The molecule has 0 aliphatic carbocycles. The number of hydrogen-bond donors (Lipinski definition) is 3. The zero-order valence-electron chi connectivity index (χ0n) is 9.80. The lowest BCUT2D eigenvalue weighted by molar-refractivity contribution is -0.168. The van der Waals surface area contributed by atoms with Gasteiger partial charge in [-0.3, -0.25) is 10.0 Å². The fourth-order valence-corrected chi connectivity index (χ4v) is 1.65. The first-order chi connectivity index (χ1) is 5.98. The fraction of sp³-hybridized carbons (Fsp3) is 0.900. The molecule has 0 aromatic heterocycles. The average molecular weight is 203 g/mol. The molecule has 1 unspecified atom stereocenters. The molecule has 0 fully saturated rings. The van der Waals surface area contributed by atoms with E-state index in [9.17, 15) is 9.90 Å². The van der Waals surface area contributed by atoms with Gasteiger partial charge in [0, 0.05) is 0 Å². The van der Waals surface area contributed by atoms with E-state index < -0.39 is 22.3 Å². The first kappa shape index (κ1) is 13.4. The van der Waals surface area contributed by atoms with Gasteiger partial charge in [0.25, 0.3) is 5.91 Å². The van der Waals surface area contributed by atoms with Crippen molar-refractivity contribution in [1.82, 2.24) is 5.48 Å². The fourth-order valence-electron chi connectivity index (χ4n) is 1.65. The van der Waals surface area contributed by atoms with Crippen molar-refractivity contribution in [3.8, 4) is 0 Å². The summed E-state index contributed by atoms with van der Waals surface area (Å²) >= 11 is 0. The minimum absolute atomic E-state index is 0.460. The Bertz CT molecular complexity index is 209. The van der Waals surface area contributed by atoms with Crippen molar-refractivity contribution in [2.75, 3.05) is 0 Å². The molecule has 1 amide bonds. The van der Waals surface area contributed by atoms with Gasteiger partial charge in [-0.15, -0.1) is 0 Å². The zero-order valence-corrected chi connectivity index (χ0v) is 9.80. The van der Waals surface area contributed by atoms with E-state index in [4.69, 9.17) is 5.21 Å². The standard InChI is InChI=1S/C10H21NO3/c1-8(2,3)10(6,7(12)11-14)9(4,5)13/h13-14H,1-6H3,(H,11,12). The topological polar surface area (TPSA) is 69.6 Å². The molecule has 0 rings (SSSR count). The molecule has 0 aliphatic rings. The number of amides is 1. The summed E-state index contributed by atoms with van der Waals surface area (Å²) in [6, 6.07) is 0. The van der Waals surface area contributed by atoms with Gasteiger partial charge in [-0.05, 0) is 26.2 Å². The van der Waals surface area contributed by atoms with Crippen LogP contribution in [0.3, 0.4) is 0 Å². The van der Waals surface area contributed by atoms with E-state index in [2.05, 4.69) is 0 Å². The van der Waals surface area contributed by atoms with Gasteiger partial charge in [-0.1, -0.05) is 20.8 Å². The molecule has 0 saturated heterocycles. The molecule has 4 nitrogen and oxygen atoms in total. The van der Waals surface area contributed by atoms with E-state index >= 15 is 0 Å². The second-order valence-electron chi connectivity index (χ2n) is 5.37. The lowest BCUT2D eigenvalue weighted by Crippen LogP contribution is -2.58. The van der Waals surface area contributed by atoms with Crippen LogP contribution in [0, 0.1) is 10.8 Å². The van der Waals surface area contributed by atoms with Gasteiger partial charge in [0.2, 0.25) is 0 Å². The number of nitrogens with one attached hydrogen (secondary N) is 1. The van der Waals surface area contributed by atoms with Gasteiger partial charge < -0.3 is 5.11 Å². The quantitative estimate of drug-likeness (QED) is 0.468. The Morgan fingerprint density at radius 3 is 1.50 bits per heavy atom. The van der Waals surface area contributed by atoms with Gasteiger partial charge in [0.15, 0.2) is 0 Å². The highest BCUT2D eigenvalue weighted by Gasteiger charge is 2.54. The molecular weight excluding hydrogens is 182 g/mol. The molecule has 0 aromatic rings. The van der Waals surface area contributed by atoms with Crippen molar-refractivity contribution in [2.45, 2.75) is 47.1 Å². The summed E-state index contributed by atoms with van der Waals surface area (Å²) in [4.78, 5) is 11.6. The third kappa shape index (κ3) is 1.91. The molecular formula is C10H21NO3. The van der Waals surface area contributed by atoms with E-state index in [0.717, 1.165) is 0 Å². The van der Waals surface area contributed by atoms with Crippen LogP contribution in [0.25, 0.3) is 0 Å². The summed E-state index contributed by atoms with van der Waals surface area (Å²) in [6.45, 7) is 10.3. The maximum atomic E-state index is 11.6. The first-order valence-corrected chi connectivity index (χ1v) is 4.65. The first-order valence-electron chi connectivity index (χ1n) is 4.65. The van der Waals surface area contributed by atoms with Gasteiger partial charge in [0.05, 0.1) is 11.0 Å². The van der Waals surface area contributed by atoms with Crippen molar-refractivity contribution in [1.29, 1.82) is 0 Å². The molecule has 1 atom stereocenters. The molecule has 3 N–H and O–H groups in total. The van der Waals surface area contributed by atoms with Crippen LogP contribution in [-0.4, -0.2) is 21.8 Å². The molecule has 0 bridgehead atoms. The highest BCUT2D eigenvalue weighted by molar-refractivity contribution is 5.83. The maximum Gasteiger partial charge on any atom is 0.252 e. The Morgan fingerprint density at radius 1 is 1.07 bits per heavy atom. The lowest BCUT2D eigenvalue weighted by atomic mass is 9.59. The number of carbonyl (C=O) groups excluding carboxylic acids is 1. The van der Waals surface area contributed by atoms with Crippen molar-refractivity contribution < 1.29 is 15.1 Å². The Kier molecular flexibility index (Phi) is 3.36. The summed E-state index contributed by atoms with van der Waals surface area (Å²) in [6.07, 6.45) is 0.